The Hall–Kier alpha value is -0.0800. The average molecular weight is 252 g/mol. The van der Waals surface area contributed by atoms with Gasteiger partial charge in [0.05, 0.1) is 0 Å². The summed E-state index contributed by atoms with van der Waals surface area (Å²) in [7, 11) is 2.16. The summed E-state index contributed by atoms with van der Waals surface area (Å²) < 4.78 is 0. The number of piperidine rings is 1. The molecular weight excluding hydrogens is 220 g/mol. The third-order valence-electron chi connectivity index (χ3n) is 5.31. The zero-order valence-corrected chi connectivity index (χ0v) is 12.5. The van der Waals surface area contributed by atoms with E-state index in [1.807, 2.05) is 0 Å². The maximum atomic E-state index is 3.58. The molecular formula is C16H32N2. The average Bonchev–Trinajstić information content (AvgIpc) is 2.64. The Kier molecular flexibility index (Phi) is 5.97. The molecule has 2 unspecified atom stereocenters. The highest BCUT2D eigenvalue weighted by molar-refractivity contribution is 4.82. The SMILES string of the molecule is CCC1CCN(CC2CCCCCC2NC)CC1. The molecule has 0 aromatic heterocycles. The minimum atomic E-state index is 0.774. The van der Waals surface area contributed by atoms with Crippen molar-refractivity contribution in [3.63, 3.8) is 0 Å². The van der Waals surface area contributed by atoms with Crippen LogP contribution in [0.3, 0.4) is 0 Å². The van der Waals surface area contributed by atoms with Gasteiger partial charge in [-0.15, -0.1) is 0 Å². The van der Waals surface area contributed by atoms with Crippen LogP contribution in [0, 0.1) is 11.8 Å². The van der Waals surface area contributed by atoms with Gasteiger partial charge in [0.15, 0.2) is 0 Å². The number of likely N-dealkylation sites (tertiary alicyclic amines) is 1. The summed E-state index contributed by atoms with van der Waals surface area (Å²) in [6.45, 7) is 6.40. The maximum absolute atomic E-state index is 3.58. The molecule has 2 heteroatoms. The molecule has 0 aromatic carbocycles. The van der Waals surface area contributed by atoms with Gasteiger partial charge in [0.2, 0.25) is 0 Å². The monoisotopic (exact) mass is 252 g/mol. The van der Waals surface area contributed by atoms with E-state index in [1.165, 1.54) is 71.0 Å². The summed E-state index contributed by atoms with van der Waals surface area (Å²) >= 11 is 0. The third-order valence-corrected chi connectivity index (χ3v) is 5.31. The van der Waals surface area contributed by atoms with Crippen molar-refractivity contribution in [3.05, 3.63) is 0 Å². The molecule has 1 N–H and O–H groups in total. The molecule has 2 nitrogen and oxygen atoms in total. The van der Waals surface area contributed by atoms with Gasteiger partial charge in [0, 0.05) is 12.6 Å². The molecule has 2 aliphatic rings. The third kappa shape index (κ3) is 3.96. The van der Waals surface area contributed by atoms with Gasteiger partial charge in [-0.2, -0.15) is 0 Å². The molecule has 1 aliphatic heterocycles. The summed E-state index contributed by atoms with van der Waals surface area (Å²) in [5.74, 6) is 1.91. The molecule has 0 spiro atoms. The summed E-state index contributed by atoms with van der Waals surface area (Å²) in [6.07, 6.45) is 11.4. The number of nitrogens with one attached hydrogen (secondary N) is 1. The molecule has 0 bridgehead atoms. The van der Waals surface area contributed by atoms with E-state index in [0.717, 1.165) is 17.9 Å². The predicted molar refractivity (Wildman–Crippen MR) is 78.9 cm³/mol. The predicted octanol–water partition coefficient (Wildman–Crippen LogP) is 3.28. The van der Waals surface area contributed by atoms with Crippen molar-refractivity contribution in [2.24, 2.45) is 11.8 Å². The molecule has 1 saturated carbocycles. The van der Waals surface area contributed by atoms with E-state index in [9.17, 15) is 0 Å². The van der Waals surface area contributed by atoms with E-state index in [2.05, 4.69) is 24.2 Å². The first-order valence-corrected chi connectivity index (χ1v) is 8.23. The lowest BCUT2D eigenvalue weighted by Gasteiger charge is -2.36. The molecule has 2 rings (SSSR count). The van der Waals surface area contributed by atoms with Crippen LogP contribution in [0.5, 0.6) is 0 Å². The standard InChI is InChI=1S/C16H32N2/c1-3-14-9-11-18(12-10-14)13-15-7-5-4-6-8-16(15)17-2/h14-17H,3-13H2,1-2H3. The Balaban J connectivity index is 1.80. The highest BCUT2D eigenvalue weighted by atomic mass is 15.1. The van der Waals surface area contributed by atoms with Crippen LogP contribution in [0.15, 0.2) is 0 Å². The molecule has 2 fully saturated rings. The van der Waals surface area contributed by atoms with E-state index < -0.39 is 0 Å². The fourth-order valence-corrected chi connectivity index (χ4v) is 3.89. The van der Waals surface area contributed by atoms with Gasteiger partial charge in [0.25, 0.3) is 0 Å². The number of nitrogens with zero attached hydrogens (tertiary/aromatic N) is 1. The summed E-state index contributed by atoms with van der Waals surface area (Å²) in [6, 6.07) is 0.774. The lowest BCUT2D eigenvalue weighted by atomic mass is 9.91. The molecule has 1 heterocycles. The first-order valence-electron chi connectivity index (χ1n) is 8.23. The van der Waals surface area contributed by atoms with Crippen molar-refractivity contribution in [2.45, 2.75) is 64.3 Å². The van der Waals surface area contributed by atoms with Crippen molar-refractivity contribution in [2.75, 3.05) is 26.7 Å². The van der Waals surface area contributed by atoms with Crippen LogP contribution in [0.25, 0.3) is 0 Å². The molecule has 1 aliphatic carbocycles. The Morgan fingerprint density at radius 3 is 2.39 bits per heavy atom. The Bertz CT molecular complexity index is 221. The maximum Gasteiger partial charge on any atom is 0.0104 e. The molecule has 0 aromatic rings. The van der Waals surface area contributed by atoms with E-state index >= 15 is 0 Å². The molecule has 0 amide bonds. The van der Waals surface area contributed by atoms with Crippen LogP contribution < -0.4 is 5.32 Å². The van der Waals surface area contributed by atoms with E-state index in [-0.39, 0.29) is 0 Å². The highest BCUT2D eigenvalue weighted by Gasteiger charge is 2.26. The summed E-state index contributed by atoms with van der Waals surface area (Å²) in [5.41, 5.74) is 0. The largest absolute Gasteiger partial charge is 0.317 e. The first kappa shape index (κ1) is 14.3. The number of hydrogen-bond donors (Lipinski definition) is 1. The van der Waals surface area contributed by atoms with Gasteiger partial charge in [-0.25, -0.2) is 0 Å². The van der Waals surface area contributed by atoms with Gasteiger partial charge in [0.1, 0.15) is 0 Å². The highest BCUT2D eigenvalue weighted by Crippen LogP contribution is 2.26. The van der Waals surface area contributed by atoms with Crippen molar-refractivity contribution in [1.82, 2.24) is 10.2 Å². The van der Waals surface area contributed by atoms with Crippen LogP contribution in [-0.2, 0) is 0 Å². The Morgan fingerprint density at radius 1 is 1.00 bits per heavy atom. The zero-order valence-electron chi connectivity index (χ0n) is 12.5. The number of rotatable bonds is 4. The second-order valence-corrected chi connectivity index (χ2v) is 6.45. The molecule has 1 saturated heterocycles. The Morgan fingerprint density at radius 2 is 1.72 bits per heavy atom. The van der Waals surface area contributed by atoms with Crippen molar-refractivity contribution >= 4 is 0 Å². The fourth-order valence-electron chi connectivity index (χ4n) is 3.89. The topological polar surface area (TPSA) is 15.3 Å². The lowest BCUT2D eigenvalue weighted by Crippen LogP contribution is -2.43. The van der Waals surface area contributed by atoms with Gasteiger partial charge in [-0.05, 0) is 57.7 Å². The van der Waals surface area contributed by atoms with E-state index in [4.69, 9.17) is 0 Å². The Labute approximate surface area is 114 Å². The summed E-state index contributed by atoms with van der Waals surface area (Å²) in [4.78, 5) is 2.74. The van der Waals surface area contributed by atoms with Crippen LogP contribution in [0.1, 0.15) is 58.3 Å². The van der Waals surface area contributed by atoms with Crippen LogP contribution in [0.2, 0.25) is 0 Å². The van der Waals surface area contributed by atoms with Crippen LogP contribution in [0.4, 0.5) is 0 Å². The smallest absolute Gasteiger partial charge is 0.0104 e. The molecule has 2 atom stereocenters. The van der Waals surface area contributed by atoms with Crippen molar-refractivity contribution in [3.8, 4) is 0 Å². The minimum Gasteiger partial charge on any atom is -0.317 e. The zero-order chi connectivity index (χ0) is 12.8. The van der Waals surface area contributed by atoms with Crippen LogP contribution >= 0.6 is 0 Å². The van der Waals surface area contributed by atoms with Crippen LogP contribution in [-0.4, -0.2) is 37.6 Å². The second kappa shape index (κ2) is 7.49. The first-order chi connectivity index (χ1) is 8.83. The molecule has 0 radical (unpaired) electrons. The lowest BCUT2D eigenvalue weighted by molar-refractivity contribution is 0.142. The normalized spacial score (nSPS) is 32.3. The van der Waals surface area contributed by atoms with Gasteiger partial charge in [-0.3, -0.25) is 0 Å². The van der Waals surface area contributed by atoms with Gasteiger partial charge >= 0.3 is 0 Å². The second-order valence-electron chi connectivity index (χ2n) is 6.45. The quantitative estimate of drug-likeness (QED) is 0.773. The number of hydrogen-bond acceptors (Lipinski definition) is 2. The van der Waals surface area contributed by atoms with Crippen molar-refractivity contribution in [1.29, 1.82) is 0 Å². The van der Waals surface area contributed by atoms with E-state index in [0.29, 0.717) is 0 Å². The van der Waals surface area contributed by atoms with E-state index in [1.54, 1.807) is 0 Å². The van der Waals surface area contributed by atoms with Gasteiger partial charge < -0.3 is 10.2 Å². The molecule has 106 valence electrons. The van der Waals surface area contributed by atoms with Gasteiger partial charge in [-0.1, -0.05) is 32.6 Å². The molecule has 18 heavy (non-hydrogen) atoms. The minimum absolute atomic E-state index is 0.774. The summed E-state index contributed by atoms with van der Waals surface area (Å²) in [5, 5.41) is 3.58. The van der Waals surface area contributed by atoms with Crippen molar-refractivity contribution < 1.29 is 0 Å². The fraction of sp³-hybridized carbons (Fsp3) is 1.00.